The molecule has 0 heterocycles. The number of ether oxygens (including phenoxy) is 2. The summed E-state index contributed by atoms with van der Waals surface area (Å²) in [5.41, 5.74) is -0.458. The fourth-order valence-electron chi connectivity index (χ4n) is 1.52. The number of carbonyl (C=O) groups is 3. The second-order valence-electron chi connectivity index (χ2n) is 3.80. The second-order valence-corrected chi connectivity index (χ2v) is 5.02. The maximum absolute atomic E-state index is 11.6. The van der Waals surface area contributed by atoms with Gasteiger partial charge >= 0.3 is 11.9 Å². The van der Waals surface area contributed by atoms with Gasteiger partial charge in [-0.05, 0) is 6.07 Å². The molecule has 0 spiro atoms. The monoisotopic (exact) mass is 310 g/mol. The van der Waals surface area contributed by atoms with Gasteiger partial charge in [0.25, 0.3) is 0 Å². The Morgan fingerprint density at radius 2 is 1.57 bits per heavy atom. The molecule has 112 valence electrons. The van der Waals surface area contributed by atoms with Crippen LogP contribution in [0.4, 0.5) is 0 Å². The maximum atomic E-state index is 11.6. The van der Waals surface area contributed by atoms with Gasteiger partial charge < -0.3 is 14.6 Å². The number of rotatable bonds is 4. The summed E-state index contributed by atoms with van der Waals surface area (Å²) in [6, 6.07) is 6.33. The number of aliphatic hydroxyl groups is 1. The maximum Gasteiger partial charge on any atom is 0.349 e. The third-order valence-electron chi connectivity index (χ3n) is 2.41. The molecule has 1 aromatic rings. The van der Waals surface area contributed by atoms with Gasteiger partial charge in [-0.25, -0.2) is 9.59 Å². The summed E-state index contributed by atoms with van der Waals surface area (Å²) in [4.78, 5) is 34.9. The van der Waals surface area contributed by atoms with Gasteiger partial charge in [-0.2, -0.15) is 0 Å². The Morgan fingerprint density at radius 3 is 2.05 bits per heavy atom. The standard InChI is InChI=1S/C14H14O6S/c1-8(15)21-10-7-5-4-6-9(10)12(16)11(13(17)19-2)14(18)20-3/h4-7,16H,1-3H3. The van der Waals surface area contributed by atoms with Crippen LogP contribution in [0.3, 0.4) is 0 Å². The Bertz CT molecular complexity index is 587. The fraction of sp³-hybridized carbons (Fsp3) is 0.214. The summed E-state index contributed by atoms with van der Waals surface area (Å²) in [7, 11) is 2.16. The van der Waals surface area contributed by atoms with Crippen LogP contribution >= 0.6 is 11.8 Å². The molecule has 0 saturated heterocycles. The third-order valence-corrected chi connectivity index (χ3v) is 3.28. The van der Waals surface area contributed by atoms with Crippen molar-refractivity contribution in [2.24, 2.45) is 0 Å². The lowest BCUT2D eigenvalue weighted by Crippen LogP contribution is -2.18. The molecule has 0 atom stereocenters. The molecule has 0 amide bonds. The van der Waals surface area contributed by atoms with Crippen LogP contribution in [-0.2, 0) is 23.9 Å². The molecule has 0 aromatic heterocycles. The molecule has 1 aromatic carbocycles. The molecule has 0 saturated carbocycles. The van der Waals surface area contributed by atoms with E-state index in [1.165, 1.54) is 13.0 Å². The summed E-state index contributed by atoms with van der Waals surface area (Å²) >= 11 is 0.872. The van der Waals surface area contributed by atoms with Crippen LogP contribution in [0.5, 0.6) is 0 Å². The van der Waals surface area contributed by atoms with E-state index in [-0.39, 0.29) is 10.7 Å². The van der Waals surface area contributed by atoms with E-state index < -0.39 is 23.3 Å². The van der Waals surface area contributed by atoms with Gasteiger partial charge in [-0.15, -0.1) is 0 Å². The average Bonchev–Trinajstić information content (AvgIpc) is 2.46. The first-order valence-corrected chi connectivity index (χ1v) is 6.61. The highest BCUT2D eigenvalue weighted by Crippen LogP contribution is 2.29. The molecule has 0 bridgehead atoms. The van der Waals surface area contributed by atoms with Crippen LogP contribution in [0, 0.1) is 0 Å². The lowest BCUT2D eigenvalue weighted by Gasteiger charge is -2.10. The van der Waals surface area contributed by atoms with Gasteiger partial charge in [0.1, 0.15) is 5.76 Å². The number of thioether (sulfide) groups is 1. The van der Waals surface area contributed by atoms with Crippen molar-refractivity contribution in [3.05, 3.63) is 35.4 Å². The van der Waals surface area contributed by atoms with Crippen molar-refractivity contribution in [2.45, 2.75) is 11.8 Å². The van der Waals surface area contributed by atoms with E-state index in [9.17, 15) is 19.5 Å². The molecule has 0 aliphatic heterocycles. The van der Waals surface area contributed by atoms with E-state index in [2.05, 4.69) is 9.47 Å². The SMILES string of the molecule is COC(=O)C(C(=O)OC)=C(O)c1ccccc1SC(C)=O. The Morgan fingerprint density at radius 1 is 1.05 bits per heavy atom. The highest BCUT2D eigenvalue weighted by Gasteiger charge is 2.27. The Kier molecular flexibility index (Phi) is 5.98. The van der Waals surface area contributed by atoms with Crippen LogP contribution in [0.1, 0.15) is 12.5 Å². The van der Waals surface area contributed by atoms with Crippen LogP contribution in [0.25, 0.3) is 5.76 Å². The summed E-state index contributed by atoms with van der Waals surface area (Å²) in [6.07, 6.45) is 0. The number of esters is 2. The quantitative estimate of drug-likeness (QED) is 0.227. The molecule has 1 N–H and O–H groups in total. The topological polar surface area (TPSA) is 89.9 Å². The Hall–Kier alpha value is -2.28. The first-order valence-electron chi connectivity index (χ1n) is 5.80. The number of methoxy groups -OCH3 is 2. The van der Waals surface area contributed by atoms with E-state index in [1.807, 2.05) is 0 Å². The summed E-state index contributed by atoms with van der Waals surface area (Å²) in [6.45, 7) is 1.36. The predicted molar refractivity (Wildman–Crippen MR) is 76.6 cm³/mol. The minimum Gasteiger partial charge on any atom is -0.506 e. The molecule has 0 unspecified atom stereocenters. The second kappa shape index (κ2) is 7.49. The lowest BCUT2D eigenvalue weighted by atomic mass is 10.1. The molecule has 0 aliphatic rings. The first kappa shape index (κ1) is 16.8. The number of carbonyl (C=O) groups excluding carboxylic acids is 3. The predicted octanol–water partition coefficient (Wildman–Crippen LogP) is 1.94. The molecule has 1 rings (SSSR count). The fourth-order valence-corrected chi connectivity index (χ4v) is 2.25. The van der Waals surface area contributed by atoms with E-state index in [0.29, 0.717) is 4.90 Å². The molecule has 0 radical (unpaired) electrons. The van der Waals surface area contributed by atoms with Gasteiger partial charge in [-0.3, -0.25) is 4.79 Å². The highest BCUT2D eigenvalue weighted by atomic mass is 32.2. The van der Waals surface area contributed by atoms with E-state index in [4.69, 9.17) is 0 Å². The molecule has 0 fully saturated rings. The van der Waals surface area contributed by atoms with Crippen molar-refractivity contribution in [3.63, 3.8) is 0 Å². The van der Waals surface area contributed by atoms with Gasteiger partial charge in [0.2, 0.25) is 0 Å². The molecule has 21 heavy (non-hydrogen) atoms. The lowest BCUT2D eigenvalue weighted by molar-refractivity contribution is -0.144. The number of benzene rings is 1. The normalized spacial score (nSPS) is 9.67. The third kappa shape index (κ3) is 4.09. The Labute approximate surface area is 125 Å². The summed E-state index contributed by atoms with van der Waals surface area (Å²) in [5, 5.41) is 10.0. The molecular formula is C14H14O6S. The first-order chi connectivity index (χ1) is 9.92. The largest absolute Gasteiger partial charge is 0.506 e. The van der Waals surface area contributed by atoms with Gasteiger partial charge in [-0.1, -0.05) is 30.0 Å². The van der Waals surface area contributed by atoms with E-state index in [0.717, 1.165) is 26.0 Å². The minimum atomic E-state index is -1.03. The molecule has 0 aliphatic carbocycles. The van der Waals surface area contributed by atoms with Crippen molar-refractivity contribution in [3.8, 4) is 0 Å². The van der Waals surface area contributed by atoms with E-state index in [1.54, 1.807) is 18.2 Å². The molecule has 7 heteroatoms. The van der Waals surface area contributed by atoms with Crippen LogP contribution < -0.4 is 0 Å². The molecule has 6 nitrogen and oxygen atoms in total. The van der Waals surface area contributed by atoms with Crippen molar-refractivity contribution in [1.82, 2.24) is 0 Å². The van der Waals surface area contributed by atoms with Crippen molar-refractivity contribution in [1.29, 1.82) is 0 Å². The average molecular weight is 310 g/mol. The number of aliphatic hydroxyl groups excluding tert-OH is 1. The van der Waals surface area contributed by atoms with Crippen molar-refractivity contribution in [2.75, 3.05) is 14.2 Å². The van der Waals surface area contributed by atoms with Gasteiger partial charge in [0.05, 0.1) is 14.2 Å². The zero-order valence-electron chi connectivity index (χ0n) is 11.7. The summed E-state index contributed by atoms with van der Waals surface area (Å²) < 4.78 is 8.94. The van der Waals surface area contributed by atoms with E-state index >= 15 is 0 Å². The smallest absolute Gasteiger partial charge is 0.349 e. The minimum absolute atomic E-state index is 0.170. The van der Waals surface area contributed by atoms with Gasteiger partial charge in [0, 0.05) is 17.4 Å². The molecular weight excluding hydrogens is 296 g/mol. The van der Waals surface area contributed by atoms with Crippen LogP contribution in [-0.4, -0.2) is 36.4 Å². The Balaban J connectivity index is 3.46. The van der Waals surface area contributed by atoms with Crippen molar-refractivity contribution < 1.29 is 29.0 Å². The number of hydrogen-bond donors (Lipinski definition) is 1. The van der Waals surface area contributed by atoms with Gasteiger partial charge in [0.15, 0.2) is 10.7 Å². The zero-order valence-corrected chi connectivity index (χ0v) is 12.5. The summed E-state index contributed by atoms with van der Waals surface area (Å²) in [5.74, 6) is -2.65. The zero-order chi connectivity index (χ0) is 16.0. The van der Waals surface area contributed by atoms with Crippen LogP contribution in [0.15, 0.2) is 34.7 Å². The van der Waals surface area contributed by atoms with Crippen molar-refractivity contribution >= 4 is 34.6 Å². The number of hydrogen-bond acceptors (Lipinski definition) is 7. The van der Waals surface area contributed by atoms with Crippen LogP contribution in [0.2, 0.25) is 0 Å². The highest BCUT2D eigenvalue weighted by molar-refractivity contribution is 8.13.